The van der Waals surface area contributed by atoms with Crippen LogP contribution in [0.1, 0.15) is 58.3 Å². The van der Waals surface area contributed by atoms with Crippen LogP contribution in [0.3, 0.4) is 0 Å². The van der Waals surface area contributed by atoms with Crippen LogP contribution >= 0.6 is 11.8 Å². The first-order valence-electron chi connectivity index (χ1n) is 8.30. The summed E-state index contributed by atoms with van der Waals surface area (Å²) < 4.78 is 0.650. The van der Waals surface area contributed by atoms with E-state index in [0.29, 0.717) is 4.75 Å². The Bertz CT molecular complexity index is 289. The van der Waals surface area contributed by atoms with Gasteiger partial charge in [0.05, 0.1) is 0 Å². The third-order valence-corrected chi connectivity index (χ3v) is 6.92. The average Bonchev–Trinajstić information content (AvgIpc) is 3.17. The molecule has 0 amide bonds. The predicted octanol–water partition coefficient (Wildman–Crippen LogP) is 3.27. The van der Waals surface area contributed by atoms with Crippen LogP contribution in [0.4, 0.5) is 0 Å². The lowest BCUT2D eigenvalue weighted by molar-refractivity contribution is 0.0236. The monoisotopic (exact) mass is 282 g/mol. The lowest BCUT2D eigenvalue weighted by Gasteiger charge is -2.50. The van der Waals surface area contributed by atoms with Gasteiger partial charge in [-0.3, -0.25) is 4.90 Å². The number of nitrogens with zero attached hydrogens (tertiary/aromatic N) is 1. The Morgan fingerprint density at radius 2 is 1.89 bits per heavy atom. The fourth-order valence-electron chi connectivity index (χ4n) is 4.15. The zero-order valence-electron chi connectivity index (χ0n) is 12.7. The minimum atomic E-state index is 0.650. The summed E-state index contributed by atoms with van der Waals surface area (Å²) >= 11 is 2.13. The molecule has 1 aliphatic carbocycles. The number of fused-ring (bicyclic) bond motifs is 2. The fourth-order valence-corrected chi connectivity index (χ4v) is 4.94. The van der Waals surface area contributed by atoms with E-state index in [1.807, 2.05) is 0 Å². The van der Waals surface area contributed by atoms with E-state index in [9.17, 15) is 0 Å². The van der Waals surface area contributed by atoms with Gasteiger partial charge in [0, 0.05) is 29.4 Å². The van der Waals surface area contributed by atoms with Gasteiger partial charge >= 0.3 is 0 Å². The molecular formula is C16H30N2S. The molecule has 0 radical (unpaired) electrons. The van der Waals surface area contributed by atoms with Crippen LogP contribution in [0, 0.1) is 0 Å². The minimum Gasteiger partial charge on any atom is -0.314 e. The van der Waals surface area contributed by atoms with Crippen molar-refractivity contribution in [2.24, 2.45) is 0 Å². The van der Waals surface area contributed by atoms with Crippen LogP contribution in [0.2, 0.25) is 0 Å². The molecule has 0 aromatic carbocycles. The standard InChI is InChI=1S/C16H30N2S/c1-3-9-17-13-10-14-5-4-6-15(11-13)18(14)12-16(19-2)7-8-16/h13-15,17H,3-12H2,1-2H3. The maximum Gasteiger partial charge on any atom is 0.0285 e. The van der Waals surface area contributed by atoms with E-state index in [0.717, 1.165) is 18.1 Å². The van der Waals surface area contributed by atoms with E-state index in [2.05, 4.69) is 35.2 Å². The van der Waals surface area contributed by atoms with E-state index in [1.165, 1.54) is 64.5 Å². The quantitative estimate of drug-likeness (QED) is 0.805. The smallest absolute Gasteiger partial charge is 0.0285 e. The summed E-state index contributed by atoms with van der Waals surface area (Å²) in [4.78, 5) is 2.91. The molecule has 3 aliphatic rings. The molecule has 110 valence electrons. The van der Waals surface area contributed by atoms with Gasteiger partial charge in [0.1, 0.15) is 0 Å². The van der Waals surface area contributed by atoms with Gasteiger partial charge in [-0.1, -0.05) is 13.3 Å². The molecule has 3 heteroatoms. The van der Waals surface area contributed by atoms with Crippen molar-refractivity contribution < 1.29 is 0 Å². The van der Waals surface area contributed by atoms with E-state index in [4.69, 9.17) is 0 Å². The topological polar surface area (TPSA) is 15.3 Å². The van der Waals surface area contributed by atoms with Crippen molar-refractivity contribution >= 4 is 11.8 Å². The van der Waals surface area contributed by atoms with Crippen molar-refractivity contribution in [1.29, 1.82) is 0 Å². The largest absolute Gasteiger partial charge is 0.314 e. The van der Waals surface area contributed by atoms with Crippen LogP contribution in [-0.2, 0) is 0 Å². The normalized spacial score (nSPS) is 37.3. The highest BCUT2D eigenvalue weighted by Gasteiger charge is 2.47. The molecule has 2 aliphatic heterocycles. The summed E-state index contributed by atoms with van der Waals surface area (Å²) in [6.45, 7) is 4.86. The molecule has 2 bridgehead atoms. The predicted molar refractivity (Wildman–Crippen MR) is 84.9 cm³/mol. The van der Waals surface area contributed by atoms with Gasteiger partial charge in [-0.15, -0.1) is 0 Å². The number of piperidine rings is 2. The first kappa shape index (κ1) is 14.2. The average molecular weight is 282 g/mol. The lowest BCUT2D eigenvalue weighted by Crippen LogP contribution is -2.58. The molecule has 3 rings (SSSR count). The Labute approximate surface area is 123 Å². The van der Waals surface area contributed by atoms with Gasteiger partial charge in [0.2, 0.25) is 0 Å². The molecule has 0 aromatic heterocycles. The maximum atomic E-state index is 3.78. The summed E-state index contributed by atoms with van der Waals surface area (Å²) in [5, 5.41) is 3.78. The zero-order valence-corrected chi connectivity index (χ0v) is 13.5. The maximum absolute atomic E-state index is 3.78. The molecule has 2 unspecified atom stereocenters. The molecule has 1 N–H and O–H groups in total. The Balaban J connectivity index is 1.60. The molecule has 0 spiro atoms. The van der Waals surface area contributed by atoms with E-state index in [-0.39, 0.29) is 0 Å². The molecule has 3 fully saturated rings. The number of thioether (sulfide) groups is 1. The summed E-state index contributed by atoms with van der Waals surface area (Å²) in [6.07, 6.45) is 13.7. The zero-order chi connectivity index (χ0) is 13.3. The Morgan fingerprint density at radius 1 is 1.21 bits per heavy atom. The highest BCUT2D eigenvalue weighted by Crippen LogP contribution is 2.49. The second-order valence-corrected chi connectivity index (χ2v) is 8.19. The van der Waals surface area contributed by atoms with Crippen molar-refractivity contribution in [3.8, 4) is 0 Å². The minimum absolute atomic E-state index is 0.650. The molecule has 2 heterocycles. The van der Waals surface area contributed by atoms with Crippen LogP contribution in [0.25, 0.3) is 0 Å². The van der Waals surface area contributed by atoms with Crippen LogP contribution in [0.5, 0.6) is 0 Å². The van der Waals surface area contributed by atoms with Gasteiger partial charge in [-0.25, -0.2) is 0 Å². The van der Waals surface area contributed by atoms with Crippen LogP contribution in [0.15, 0.2) is 0 Å². The highest BCUT2D eigenvalue weighted by molar-refractivity contribution is 8.00. The molecule has 2 saturated heterocycles. The first-order chi connectivity index (χ1) is 9.26. The van der Waals surface area contributed by atoms with Crippen molar-refractivity contribution in [1.82, 2.24) is 10.2 Å². The van der Waals surface area contributed by atoms with Gasteiger partial charge in [-0.05, 0) is 57.7 Å². The second-order valence-electron chi connectivity index (χ2n) is 6.92. The van der Waals surface area contributed by atoms with Gasteiger partial charge in [0.15, 0.2) is 0 Å². The molecule has 0 aromatic rings. The Kier molecular flexibility index (Phi) is 4.45. The summed E-state index contributed by atoms with van der Waals surface area (Å²) in [5.74, 6) is 0. The second kappa shape index (κ2) is 5.95. The fraction of sp³-hybridized carbons (Fsp3) is 1.00. The summed E-state index contributed by atoms with van der Waals surface area (Å²) in [5.41, 5.74) is 0. The van der Waals surface area contributed by atoms with Crippen molar-refractivity contribution in [2.75, 3.05) is 19.3 Å². The number of hydrogen-bond acceptors (Lipinski definition) is 3. The number of nitrogens with one attached hydrogen (secondary N) is 1. The van der Waals surface area contributed by atoms with Crippen molar-refractivity contribution in [3.63, 3.8) is 0 Å². The van der Waals surface area contributed by atoms with Crippen molar-refractivity contribution in [2.45, 2.75) is 81.2 Å². The molecular weight excluding hydrogens is 252 g/mol. The van der Waals surface area contributed by atoms with Gasteiger partial charge in [0.25, 0.3) is 0 Å². The van der Waals surface area contributed by atoms with E-state index < -0.39 is 0 Å². The lowest BCUT2D eigenvalue weighted by atomic mass is 9.81. The van der Waals surface area contributed by atoms with Crippen molar-refractivity contribution in [3.05, 3.63) is 0 Å². The first-order valence-corrected chi connectivity index (χ1v) is 9.53. The third kappa shape index (κ3) is 3.14. The molecule has 2 atom stereocenters. The van der Waals surface area contributed by atoms with E-state index in [1.54, 1.807) is 0 Å². The highest BCUT2D eigenvalue weighted by atomic mass is 32.2. The molecule has 1 saturated carbocycles. The van der Waals surface area contributed by atoms with E-state index >= 15 is 0 Å². The van der Waals surface area contributed by atoms with Crippen LogP contribution in [-0.4, -0.2) is 47.1 Å². The van der Waals surface area contributed by atoms with Crippen LogP contribution < -0.4 is 5.32 Å². The third-order valence-electron chi connectivity index (χ3n) is 5.52. The SMILES string of the molecule is CCCNC1CC2CCCC(C1)N2CC1(SC)CC1. The number of hydrogen-bond donors (Lipinski definition) is 1. The van der Waals surface area contributed by atoms with Gasteiger partial charge in [-0.2, -0.15) is 11.8 Å². The summed E-state index contributed by atoms with van der Waals surface area (Å²) in [7, 11) is 0. The molecule has 19 heavy (non-hydrogen) atoms. The molecule has 2 nitrogen and oxygen atoms in total. The van der Waals surface area contributed by atoms with Gasteiger partial charge < -0.3 is 5.32 Å². The number of rotatable bonds is 6. The Morgan fingerprint density at radius 3 is 2.42 bits per heavy atom. The summed E-state index contributed by atoms with van der Waals surface area (Å²) in [6, 6.07) is 2.56. The Hall–Kier alpha value is 0.270.